The molecule has 3 heteroatoms. The number of nitrogens with zero attached hydrogens (tertiary/aromatic N) is 2. The normalized spacial score (nSPS) is 11.0. The first-order valence-electron chi connectivity index (χ1n) is 8.92. The van der Waals surface area contributed by atoms with Gasteiger partial charge in [-0.05, 0) is 44.9 Å². The average Bonchev–Trinajstić information content (AvgIpc) is 2.66. The topological polar surface area (TPSA) is 34.5 Å². The summed E-state index contributed by atoms with van der Waals surface area (Å²) < 4.78 is 5.60. The first kappa shape index (κ1) is 27.0. The Balaban J connectivity index is -0.000000659. The van der Waals surface area contributed by atoms with E-state index in [1.165, 1.54) is 0 Å². The second kappa shape index (κ2) is 19.1. The summed E-state index contributed by atoms with van der Waals surface area (Å²) in [4.78, 5) is 8.32. The zero-order valence-electron chi connectivity index (χ0n) is 17.7. The minimum absolute atomic E-state index is 0.612. The number of pyridine rings is 1. The highest BCUT2D eigenvalue weighted by Crippen LogP contribution is 2.11. The molecule has 0 spiro atoms. The van der Waals surface area contributed by atoms with Crippen molar-refractivity contribution < 1.29 is 4.74 Å². The monoisotopic (exact) mass is 334 g/mol. The minimum Gasteiger partial charge on any atom is -0.444 e. The van der Waals surface area contributed by atoms with Gasteiger partial charge in [0.2, 0.25) is 5.88 Å². The molecule has 0 aliphatic heterocycles. The Kier molecular flexibility index (Phi) is 21.5. The Labute approximate surface area is 150 Å². The van der Waals surface area contributed by atoms with Gasteiger partial charge in [0.1, 0.15) is 5.76 Å². The quantitative estimate of drug-likeness (QED) is 0.345. The minimum atomic E-state index is 0.612. The summed E-state index contributed by atoms with van der Waals surface area (Å²) in [6, 6.07) is 3.84. The van der Waals surface area contributed by atoms with E-state index in [-0.39, 0.29) is 0 Å². The first-order chi connectivity index (χ1) is 11.5. The smallest absolute Gasteiger partial charge is 0.218 e. The Hall–Kier alpha value is -1.90. The van der Waals surface area contributed by atoms with E-state index in [0.717, 1.165) is 22.6 Å². The fourth-order valence-electron chi connectivity index (χ4n) is 1.25. The number of ether oxygens (including phenoxy) is 1. The third-order valence-corrected chi connectivity index (χ3v) is 2.62. The number of aromatic nitrogens is 1. The lowest BCUT2D eigenvalue weighted by Crippen LogP contribution is -1.95. The van der Waals surface area contributed by atoms with Gasteiger partial charge in [0.05, 0.1) is 0 Å². The van der Waals surface area contributed by atoms with Crippen LogP contribution in [-0.2, 0) is 0 Å². The van der Waals surface area contributed by atoms with Crippen molar-refractivity contribution in [3.8, 4) is 5.88 Å². The van der Waals surface area contributed by atoms with Crippen LogP contribution < -0.4 is 4.74 Å². The molecule has 0 N–H and O–H groups in total. The number of aryl methyl sites for hydroxylation is 1. The zero-order chi connectivity index (χ0) is 19.5. The zero-order valence-corrected chi connectivity index (χ0v) is 17.7. The maximum atomic E-state index is 5.60. The van der Waals surface area contributed by atoms with Crippen LogP contribution in [0.4, 0.5) is 0 Å². The van der Waals surface area contributed by atoms with Crippen LogP contribution in [0.2, 0.25) is 0 Å². The van der Waals surface area contributed by atoms with Crippen molar-refractivity contribution in [3.63, 3.8) is 0 Å². The lowest BCUT2D eigenvalue weighted by Gasteiger charge is -2.04. The van der Waals surface area contributed by atoms with Crippen LogP contribution in [0.3, 0.4) is 0 Å². The van der Waals surface area contributed by atoms with Gasteiger partial charge in [-0.25, -0.2) is 4.98 Å². The summed E-state index contributed by atoms with van der Waals surface area (Å²) in [5.74, 6) is 1.41. The maximum absolute atomic E-state index is 5.60. The van der Waals surface area contributed by atoms with Crippen LogP contribution in [-0.4, -0.2) is 17.7 Å². The molecule has 0 radical (unpaired) electrons. The fraction of sp³-hybridized carbons (Fsp3) is 0.524. The van der Waals surface area contributed by atoms with E-state index in [1.807, 2.05) is 93.5 Å². The van der Waals surface area contributed by atoms with Gasteiger partial charge in [-0.2, -0.15) is 0 Å². The van der Waals surface area contributed by atoms with Crippen molar-refractivity contribution in [2.75, 3.05) is 7.05 Å². The van der Waals surface area contributed by atoms with Crippen LogP contribution in [0, 0.1) is 6.92 Å². The summed E-state index contributed by atoms with van der Waals surface area (Å²) in [6.07, 6.45) is 5.70. The molecule has 24 heavy (non-hydrogen) atoms. The molecule has 0 saturated heterocycles. The molecule has 1 rings (SSSR count). The van der Waals surface area contributed by atoms with Gasteiger partial charge < -0.3 is 4.74 Å². The van der Waals surface area contributed by atoms with Gasteiger partial charge in [0, 0.05) is 25.0 Å². The highest BCUT2D eigenvalue weighted by molar-refractivity contribution is 5.97. The molecule has 1 aromatic heterocycles. The van der Waals surface area contributed by atoms with Gasteiger partial charge in [-0.1, -0.05) is 53.7 Å². The lowest BCUT2D eigenvalue weighted by atomic mass is 10.2. The molecule has 0 amide bonds. The van der Waals surface area contributed by atoms with Crippen LogP contribution in [0.5, 0.6) is 5.88 Å². The molecule has 1 aromatic rings. The van der Waals surface area contributed by atoms with Crippen molar-refractivity contribution >= 4 is 5.71 Å². The Morgan fingerprint density at radius 3 is 1.92 bits per heavy atom. The van der Waals surface area contributed by atoms with Crippen LogP contribution in [0.25, 0.3) is 0 Å². The Bertz CT molecular complexity index is 483. The molecular formula is C21H38N2O. The van der Waals surface area contributed by atoms with E-state index in [1.54, 1.807) is 13.2 Å². The van der Waals surface area contributed by atoms with E-state index in [4.69, 9.17) is 4.74 Å². The van der Waals surface area contributed by atoms with E-state index < -0.39 is 0 Å². The SMILES string of the molecule is CC.CC.CC.CN=C(C)/C(C)=C/C=C(\C)Oc1ccc(C)cn1. The van der Waals surface area contributed by atoms with E-state index in [2.05, 4.69) is 9.98 Å². The highest BCUT2D eigenvalue weighted by atomic mass is 16.5. The maximum Gasteiger partial charge on any atom is 0.218 e. The van der Waals surface area contributed by atoms with Gasteiger partial charge in [0.25, 0.3) is 0 Å². The number of aliphatic imine (C=N–C) groups is 1. The third-order valence-electron chi connectivity index (χ3n) is 2.62. The lowest BCUT2D eigenvalue weighted by molar-refractivity contribution is 0.411. The molecule has 0 saturated carbocycles. The molecule has 0 atom stereocenters. The van der Waals surface area contributed by atoms with Gasteiger partial charge in [-0.15, -0.1) is 0 Å². The Morgan fingerprint density at radius 2 is 1.50 bits per heavy atom. The van der Waals surface area contributed by atoms with Crippen LogP contribution >= 0.6 is 0 Å². The molecule has 0 unspecified atom stereocenters. The first-order valence-corrected chi connectivity index (χ1v) is 8.92. The van der Waals surface area contributed by atoms with Crippen LogP contribution in [0.1, 0.15) is 67.9 Å². The van der Waals surface area contributed by atoms with Gasteiger partial charge in [-0.3, -0.25) is 4.99 Å². The molecular weight excluding hydrogens is 296 g/mol. The summed E-state index contributed by atoms with van der Waals surface area (Å²) in [5, 5.41) is 0. The molecule has 3 nitrogen and oxygen atoms in total. The average molecular weight is 335 g/mol. The standard InChI is InChI=1S/C15H20N2O.3C2H6/c1-11-6-9-15(17-10-11)18-13(3)8-7-12(2)14(4)16-5;3*1-2/h6-10H,1-5H3;3*1-2H3/b12-7+,13-8+,16-14?;;;. The molecule has 138 valence electrons. The van der Waals surface area contributed by atoms with Crippen molar-refractivity contribution in [2.24, 2.45) is 4.99 Å². The second-order valence-electron chi connectivity index (χ2n) is 4.21. The predicted molar refractivity (Wildman–Crippen MR) is 110 cm³/mol. The molecule has 1 heterocycles. The van der Waals surface area contributed by atoms with Crippen molar-refractivity contribution in [2.45, 2.75) is 69.2 Å². The Morgan fingerprint density at radius 1 is 0.958 bits per heavy atom. The predicted octanol–water partition coefficient (Wildman–Crippen LogP) is 6.79. The molecule has 0 aliphatic rings. The largest absolute Gasteiger partial charge is 0.444 e. The van der Waals surface area contributed by atoms with Gasteiger partial charge in [0.15, 0.2) is 0 Å². The second-order valence-corrected chi connectivity index (χ2v) is 4.21. The van der Waals surface area contributed by atoms with E-state index in [9.17, 15) is 0 Å². The molecule has 0 bridgehead atoms. The highest BCUT2D eigenvalue weighted by Gasteiger charge is 1.96. The van der Waals surface area contributed by atoms with Crippen LogP contribution in [0.15, 0.2) is 46.8 Å². The van der Waals surface area contributed by atoms with Gasteiger partial charge >= 0.3 is 0 Å². The summed E-state index contributed by atoms with van der Waals surface area (Å²) in [7, 11) is 1.79. The number of allylic oxidation sites excluding steroid dienone is 4. The molecule has 0 aromatic carbocycles. The van der Waals surface area contributed by atoms with E-state index >= 15 is 0 Å². The molecule has 0 fully saturated rings. The van der Waals surface area contributed by atoms with E-state index in [0.29, 0.717) is 5.88 Å². The number of rotatable bonds is 4. The summed E-state index contributed by atoms with van der Waals surface area (Å²) in [5.41, 5.74) is 3.26. The summed E-state index contributed by atoms with van der Waals surface area (Å²) >= 11 is 0. The number of hydrogen-bond donors (Lipinski definition) is 0. The van der Waals surface area contributed by atoms with Crippen molar-refractivity contribution in [1.29, 1.82) is 0 Å². The van der Waals surface area contributed by atoms with Crippen molar-refractivity contribution in [1.82, 2.24) is 4.98 Å². The van der Waals surface area contributed by atoms with Crippen molar-refractivity contribution in [3.05, 3.63) is 47.4 Å². The fourth-order valence-corrected chi connectivity index (χ4v) is 1.25. The molecule has 0 aliphatic carbocycles. The summed E-state index contributed by atoms with van der Waals surface area (Å²) in [6.45, 7) is 19.9. The third kappa shape index (κ3) is 13.7. The number of hydrogen-bond acceptors (Lipinski definition) is 3.